The third-order valence-electron chi connectivity index (χ3n) is 5.07. The van der Waals surface area contributed by atoms with Gasteiger partial charge in [-0.3, -0.25) is 0 Å². The minimum absolute atomic E-state index is 0.0270. The molecule has 2 heterocycles. The Morgan fingerprint density at radius 1 is 1.15 bits per heavy atom. The summed E-state index contributed by atoms with van der Waals surface area (Å²) in [5.41, 5.74) is 4.36. The molecular weight excluding hydrogens is 356 g/mol. The van der Waals surface area contributed by atoms with Crippen molar-refractivity contribution in [3.05, 3.63) is 53.6 Å². The number of carbonyl (C=O) groups excluding carboxylic acids is 1. The number of thiazole rings is 1. The number of aromatic nitrogens is 1. The summed E-state index contributed by atoms with van der Waals surface area (Å²) in [6.07, 6.45) is 1.04. The maximum Gasteiger partial charge on any atom is 0.321 e. The lowest BCUT2D eigenvalue weighted by atomic mass is 10.2. The molecule has 1 aliphatic heterocycles. The lowest BCUT2D eigenvalue weighted by Gasteiger charge is -2.34. The molecule has 5 nitrogen and oxygen atoms in total. The van der Waals surface area contributed by atoms with Crippen molar-refractivity contribution in [2.24, 2.45) is 0 Å². The van der Waals surface area contributed by atoms with E-state index in [1.807, 2.05) is 36.1 Å². The van der Waals surface area contributed by atoms with Gasteiger partial charge in [-0.1, -0.05) is 42.5 Å². The number of aryl methyl sites for hydroxylation is 2. The van der Waals surface area contributed by atoms with E-state index in [0.717, 1.165) is 41.4 Å². The molecule has 0 aliphatic carbocycles. The predicted octanol–water partition coefficient (Wildman–Crippen LogP) is 4.52. The van der Waals surface area contributed by atoms with Gasteiger partial charge in [0, 0.05) is 31.9 Å². The lowest BCUT2D eigenvalue weighted by molar-refractivity contribution is 0.208. The van der Waals surface area contributed by atoms with E-state index in [1.54, 1.807) is 11.3 Å². The number of amides is 2. The first kappa shape index (κ1) is 17.8. The van der Waals surface area contributed by atoms with Gasteiger partial charge in [0.25, 0.3) is 0 Å². The van der Waals surface area contributed by atoms with E-state index in [4.69, 9.17) is 4.98 Å². The van der Waals surface area contributed by atoms with E-state index in [9.17, 15) is 4.79 Å². The molecule has 0 atom stereocenters. The van der Waals surface area contributed by atoms with E-state index < -0.39 is 0 Å². The van der Waals surface area contributed by atoms with Crippen LogP contribution in [0.1, 0.15) is 18.1 Å². The van der Waals surface area contributed by atoms with Crippen molar-refractivity contribution in [1.29, 1.82) is 0 Å². The Bertz CT molecular complexity index is 960. The van der Waals surface area contributed by atoms with Crippen molar-refractivity contribution < 1.29 is 4.79 Å². The molecule has 2 amide bonds. The van der Waals surface area contributed by atoms with Gasteiger partial charge in [0.2, 0.25) is 0 Å². The average Bonchev–Trinajstić information content (AvgIpc) is 3.13. The van der Waals surface area contributed by atoms with Gasteiger partial charge in [0.15, 0.2) is 5.13 Å². The van der Waals surface area contributed by atoms with Gasteiger partial charge in [-0.05, 0) is 42.7 Å². The molecule has 27 heavy (non-hydrogen) atoms. The summed E-state index contributed by atoms with van der Waals surface area (Å²) in [4.78, 5) is 21.5. The van der Waals surface area contributed by atoms with E-state index in [0.29, 0.717) is 13.1 Å². The number of carbonyl (C=O) groups is 1. The van der Waals surface area contributed by atoms with Crippen LogP contribution in [0.25, 0.3) is 10.2 Å². The van der Waals surface area contributed by atoms with Gasteiger partial charge in [0.1, 0.15) is 0 Å². The van der Waals surface area contributed by atoms with Crippen molar-refractivity contribution >= 4 is 38.4 Å². The second kappa shape index (κ2) is 7.56. The first-order valence-corrected chi connectivity index (χ1v) is 10.2. The molecular formula is C21H24N4OS. The van der Waals surface area contributed by atoms with Crippen LogP contribution in [0.4, 0.5) is 15.6 Å². The topological polar surface area (TPSA) is 48.5 Å². The van der Waals surface area contributed by atoms with Crippen molar-refractivity contribution in [3.8, 4) is 0 Å². The van der Waals surface area contributed by atoms with E-state index >= 15 is 0 Å². The Labute approximate surface area is 163 Å². The highest BCUT2D eigenvalue weighted by Crippen LogP contribution is 2.30. The maximum absolute atomic E-state index is 12.6. The Balaban J connectivity index is 1.40. The van der Waals surface area contributed by atoms with Crippen molar-refractivity contribution in [2.45, 2.75) is 20.3 Å². The predicted molar refractivity (Wildman–Crippen MR) is 113 cm³/mol. The molecule has 1 N–H and O–H groups in total. The molecule has 0 spiro atoms. The number of piperazine rings is 1. The van der Waals surface area contributed by atoms with Gasteiger partial charge in [0.05, 0.1) is 10.2 Å². The van der Waals surface area contributed by atoms with Gasteiger partial charge in [-0.25, -0.2) is 9.78 Å². The van der Waals surface area contributed by atoms with Gasteiger partial charge < -0.3 is 15.1 Å². The molecule has 140 valence electrons. The fourth-order valence-corrected chi connectivity index (χ4v) is 4.40. The third-order valence-corrected chi connectivity index (χ3v) is 6.15. The van der Waals surface area contributed by atoms with Crippen LogP contribution in [0.15, 0.2) is 42.5 Å². The fraction of sp³-hybridized carbons (Fsp3) is 0.333. The molecule has 0 bridgehead atoms. The van der Waals surface area contributed by atoms with Crippen molar-refractivity contribution in [2.75, 3.05) is 36.4 Å². The summed E-state index contributed by atoms with van der Waals surface area (Å²) in [5.74, 6) is 0. The average molecular weight is 381 g/mol. The molecule has 0 radical (unpaired) electrons. The summed E-state index contributed by atoms with van der Waals surface area (Å²) in [5, 5.41) is 4.08. The van der Waals surface area contributed by atoms with Crippen LogP contribution in [0.2, 0.25) is 0 Å². The standard InChI is InChI=1S/C21H24N4OS/c1-3-16-8-9-18-19(14-16)27-21(23-18)25-12-10-24(11-13-25)20(26)22-17-7-5-4-6-15(17)2/h4-9,14H,3,10-13H2,1-2H3,(H,22,26). The normalized spacial score (nSPS) is 14.6. The highest BCUT2D eigenvalue weighted by molar-refractivity contribution is 7.22. The van der Waals surface area contributed by atoms with Crippen LogP contribution in [-0.4, -0.2) is 42.1 Å². The van der Waals surface area contributed by atoms with Crippen LogP contribution in [0, 0.1) is 6.92 Å². The Morgan fingerprint density at radius 2 is 1.93 bits per heavy atom. The summed E-state index contributed by atoms with van der Waals surface area (Å²) >= 11 is 1.74. The van der Waals surface area contributed by atoms with Gasteiger partial charge in [-0.2, -0.15) is 0 Å². The quantitative estimate of drug-likeness (QED) is 0.727. The lowest BCUT2D eigenvalue weighted by Crippen LogP contribution is -2.50. The molecule has 4 rings (SSSR count). The first-order valence-electron chi connectivity index (χ1n) is 9.40. The second-order valence-corrected chi connectivity index (χ2v) is 7.88. The number of benzene rings is 2. The molecule has 2 aromatic carbocycles. The number of hydrogen-bond donors (Lipinski definition) is 1. The van der Waals surface area contributed by atoms with Crippen LogP contribution >= 0.6 is 11.3 Å². The number of anilines is 2. The van der Waals surface area contributed by atoms with Crippen LogP contribution < -0.4 is 10.2 Å². The molecule has 1 aliphatic rings. The zero-order valence-corrected chi connectivity index (χ0v) is 16.6. The molecule has 0 saturated carbocycles. The van der Waals surface area contributed by atoms with Crippen molar-refractivity contribution in [3.63, 3.8) is 0 Å². The highest BCUT2D eigenvalue weighted by Gasteiger charge is 2.23. The molecule has 1 aromatic heterocycles. The fourth-order valence-electron chi connectivity index (χ4n) is 3.32. The number of urea groups is 1. The Hall–Kier alpha value is -2.60. The van der Waals surface area contributed by atoms with Crippen LogP contribution in [0.3, 0.4) is 0 Å². The Kier molecular flexibility index (Phi) is 4.99. The molecule has 1 saturated heterocycles. The van der Waals surface area contributed by atoms with Crippen molar-refractivity contribution in [1.82, 2.24) is 9.88 Å². The molecule has 3 aromatic rings. The third kappa shape index (κ3) is 3.76. The maximum atomic E-state index is 12.6. The summed E-state index contributed by atoms with van der Waals surface area (Å²) in [6.45, 7) is 7.19. The number of fused-ring (bicyclic) bond motifs is 1. The SMILES string of the molecule is CCc1ccc2nc(N3CCN(C(=O)Nc4ccccc4C)CC3)sc2c1. The Morgan fingerprint density at radius 3 is 2.67 bits per heavy atom. The first-order chi connectivity index (χ1) is 13.1. The van der Waals surface area contributed by atoms with Gasteiger partial charge in [-0.15, -0.1) is 0 Å². The van der Waals surface area contributed by atoms with E-state index in [1.165, 1.54) is 10.3 Å². The molecule has 6 heteroatoms. The number of para-hydroxylation sites is 1. The smallest absolute Gasteiger partial charge is 0.321 e. The minimum atomic E-state index is -0.0270. The molecule has 1 fully saturated rings. The van der Waals surface area contributed by atoms with E-state index in [-0.39, 0.29) is 6.03 Å². The minimum Gasteiger partial charge on any atom is -0.345 e. The number of rotatable bonds is 3. The number of nitrogens with zero attached hydrogens (tertiary/aromatic N) is 3. The summed E-state index contributed by atoms with van der Waals surface area (Å²) in [6, 6.07) is 14.3. The highest BCUT2D eigenvalue weighted by atomic mass is 32.1. The van der Waals surface area contributed by atoms with Crippen LogP contribution in [0.5, 0.6) is 0 Å². The van der Waals surface area contributed by atoms with Crippen LogP contribution in [-0.2, 0) is 6.42 Å². The summed E-state index contributed by atoms with van der Waals surface area (Å²) in [7, 11) is 0. The zero-order valence-electron chi connectivity index (χ0n) is 15.7. The largest absolute Gasteiger partial charge is 0.345 e. The number of nitrogens with one attached hydrogen (secondary N) is 1. The monoisotopic (exact) mass is 380 g/mol. The summed E-state index contributed by atoms with van der Waals surface area (Å²) < 4.78 is 1.24. The van der Waals surface area contributed by atoms with E-state index in [2.05, 4.69) is 35.3 Å². The van der Waals surface area contributed by atoms with Gasteiger partial charge >= 0.3 is 6.03 Å². The second-order valence-electron chi connectivity index (χ2n) is 6.87. The molecule has 0 unspecified atom stereocenters. The number of hydrogen-bond acceptors (Lipinski definition) is 4. The zero-order chi connectivity index (χ0) is 18.8.